The maximum atomic E-state index is 11.8. The summed E-state index contributed by atoms with van der Waals surface area (Å²) in [5.74, 6) is -1.11. The van der Waals surface area contributed by atoms with Gasteiger partial charge in [-0.1, -0.05) is 37.3 Å². The predicted molar refractivity (Wildman–Crippen MR) is 79.9 cm³/mol. The topological polar surface area (TPSA) is 66.8 Å². The molecule has 1 N–H and O–H groups in total. The highest BCUT2D eigenvalue weighted by atomic mass is 16.6. The van der Waals surface area contributed by atoms with Crippen LogP contribution in [0.1, 0.15) is 31.7 Å². The molecule has 0 bridgehead atoms. The number of hydrogen-bond donors (Lipinski definition) is 1. The Labute approximate surface area is 125 Å². The number of amides is 1. The minimum atomic E-state index is -0.771. The molecule has 116 valence electrons. The summed E-state index contributed by atoms with van der Waals surface area (Å²) in [6.07, 6.45) is 1.45. The fourth-order valence-electron chi connectivity index (χ4n) is 2.00. The van der Waals surface area contributed by atoms with Gasteiger partial charge in [0.15, 0.2) is 0 Å². The van der Waals surface area contributed by atoms with Crippen molar-refractivity contribution in [2.24, 2.45) is 5.92 Å². The lowest BCUT2D eigenvalue weighted by Crippen LogP contribution is -2.29. The van der Waals surface area contributed by atoms with E-state index in [0.29, 0.717) is 25.8 Å². The van der Waals surface area contributed by atoms with Gasteiger partial charge in [-0.05, 0) is 24.8 Å². The highest BCUT2D eigenvalue weighted by molar-refractivity contribution is 5.69. The second-order valence-electron chi connectivity index (χ2n) is 5.05. The van der Waals surface area contributed by atoms with E-state index < -0.39 is 5.97 Å². The van der Waals surface area contributed by atoms with Gasteiger partial charge in [0, 0.05) is 13.6 Å². The van der Waals surface area contributed by atoms with Gasteiger partial charge < -0.3 is 14.7 Å². The second-order valence-corrected chi connectivity index (χ2v) is 5.05. The van der Waals surface area contributed by atoms with Gasteiger partial charge >= 0.3 is 12.1 Å². The highest BCUT2D eigenvalue weighted by Crippen LogP contribution is 2.11. The molecule has 1 rings (SSSR count). The number of carbonyl (C=O) groups is 2. The maximum Gasteiger partial charge on any atom is 0.409 e. The number of rotatable bonds is 8. The van der Waals surface area contributed by atoms with Crippen LogP contribution in [-0.4, -0.2) is 35.7 Å². The molecular formula is C16H23NO4. The van der Waals surface area contributed by atoms with E-state index in [-0.39, 0.29) is 18.6 Å². The molecule has 5 nitrogen and oxygen atoms in total. The number of aliphatic carboxylic acids is 1. The summed E-state index contributed by atoms with van der Waals surface area (Å²) < 4.78 is 5.19. The minimum Gasteiger partial charge on any atom is -0.481 e. The normalized spacial score (nSPS) is 11.7. The van der Waals surface area contributed by atoms with Crippen LogP contribution in [0.15, 0.2) is 30.3 Å². The van der Waals surface area contributed by atoms with E-state index in [9.17, 15) is 9.59 Å². The van der Waals surface area contributed by atoms with Crippen molar-refractivity contribution >= 4 is 12.1 Å². The van der Waals surface area contributed by atoms with Gasteiger partial charge in [-0.3, -0.25) is 4.79 Å². The number of carboxylic acids is 1. The number of carbonyl (C=O) groups excluding carboxylic acids is 1. The first-order valence-electron chi connectivity index (χ1n) is 7.19. The molecule has 0 unspecified atom stereocenters. The molecule has 1 atom stereocenters. The minimum absolute atomic E-state index is 0.247. The van der Waals surface area contributed by atoms with Crippen LogP contribution >= 0.6 is 0 Å². The molecule has 1 aromatic rings. The van der Waals surface area contributed by atoms with Gasteiger partial charge in [0.25, 0.3) is 0 Å². The van der Waals surface area contributed by atoms with Crippen molar-refractivity contribution < 1.29 is 19.4 Å². The molecule has 21 heavy (non-hydrogen) atoms. The molecule has 5 heteroatoms. The molecule has 0 aromatic heterocycles. The van der Waals surface area contributed by atoms with Crippen LogP contribution < -0.4 is 0 Å². The summed E-state index contributed by atoms with van der Waals surface area (Å²) >= 11 is 0. The van der Waals surface area contributed by atoms with Crippen molar-refractivity contribution in [1.82, 2.24) is 4.90 Å². The summed E-state index contributed by atoms with van der Waals surface area (Å²) in [6, 6.07) is 9.48. The quantitative estimate of drug-likeness (QED) is 0.799. The molecule has 0 aliphatic rings. The van der Waals surface area contributed by atoms with E-state index in [1.807, 2.05) is 37.3 Å². The number of hydrogen-bond acceptors (Lipinski definition) is 3. The van der Waals surface area contributed by atoms with Crippen molar-refractivity contribution in [3.8, 4) is 0 Å². The van der Waals surface area contributed by atoms with Crippen molar-refractivity contribution in [3.63, 3.8) is 0 Å². The van der Waals surface area contributed by atoms with E-state index >= 15 is 0 Å². The molecule has 0 radical (unpaired) electrons. The zero-order chi connectivity index (χ0) is 15.7. The number of nitrogens with zero attached hydrogens (tertiary/aromatic N) is 1. The molecule has 1 amide bonds. The van der Waals surface area contributed by atoms with Crippen molar-refractivity contribution in [2.75, 3.05) is 13.6 Å². The van der Waals surface area contributed by atoms with Crippen molar-refractivity contribution in [3.05, 3.63) is 35.9 Å². The zero-order valence-corrected chi connectivity index (χ0v) is 12.6. The molecule has 0 aliphatic carbocycles. The SMILES string of the molecule is CC[C@H](CCCN(C)C(=O)OCc1ccccc1)C(=O)O. The van der Waals surface area contributed by atoms with Crippen LogP contribution in [0.5, 0.6) is 0 Å². The van der Waals surface area contributed by atoms with Gasteiger partial charge in [-0.2, -0.15) is 0 Å². The molecule has 0 heterocycles. The third kappa shape index (κ3) is 6.29. The third-order valence-electron chi connectivity index (χ3n) is 3.40. The van der Waals surface area contributed by atoms with Crippen molar-refractivity contribution in [2.45, 2.75) is 32.8 Å². The van der Waals surface area contributed by atoms with Gasteiger partial charge in [0.05, 0.1) is 5.92 Å². The maximum absolute atomic E-state index is 11.8. The molecule has 0 spiro atoms. The molecule has 0 aliphatic heterocycles. The first-order valence-corrected chi connectivity index (χ1v) is 7.19. The van der Waals surface area contributed by atoms with Crippen LogP contribution in [0, 0.1) is 5.92 Å². The predicted octanol–water partition coefficient (Wildman–Crippen LogP) is 3.15. The average molecular weight is 293 g/mol. The van der Waals surface area contributed by atoms with Crippen LogP contribution in [0.3, 0.4) is 0 Å². The average Bonchev–Trinajstić information content (AvgIpc) is 2.49. The van der Waals surface area contributed by atoms with Crippen LogP contribution in [0.2, 0.25) is 0 Å². The Kier molecular flexibility index (Phi) is 7.29. The van der Waals surface area contributed by atoms with Gasteiger partial charge in [-0.25, -0.2) is 4.79 Å². The second kappa shape index (κ2) is 9.00. The Bertz CT molecular complexity index is 447. The van der Waals surface area contributed by atoms with Crippen LogP contribution in [0.25, 0.3) is 0 Å². The molecule has 0 fully saturated rings. The number of benzene rings is 1. The summed E-state index contributed by atoms with van der Waals surface area (Å²) in [5, 5.41) is 8.95. The van der Waals surface area contributed by atoms with Gasteiger partial charge in [0.2, 0.25) is 0 Å². The molecule has 0 saturated heterocycles. The smallest absolute Gasteiger partial charge is 0.409 e. The Morgan fingerprint density at radius 3 is 2.52 bits per heavy atom. The first-order chi connectivity index (χ1) is 10.0. The van der Waals surface area contributed by atoms with E-state index in [4.69, 9.17) is 9.84 Å². The number of carboxylic acid groups (broad SMARTS) is 1. The summed E-state index contributed by atoms with van der Waals surface area (Å²) in [4.78, 5) is 24.2. The standard InChI is InChI=1S/C16H23NO4/c1-3-14(15(18)19)10-7-11-17(2)16(20)21-12-13-8-5-4-6-9-13/h4-6,8-9,14H,3,7,10-12H2,1-2H3,(H,18,19)/t14-/m1/s1. The van der Waals surface area contributed by atoms with Crippen molar-refractivity contribution in [1.29, 1.82) is 0 Å². The summed E-state index contributed by atoms with van der Waals surface area (Å²) in [6.45, 7) is 2.60. The largest absolute Gasteiger partial charge is 0.481 e. The summed E-state index contributed by atoms with van der Waals surface area (Å²) in [5.41, 5.74) is 0.941. The highest BCUT2D eigenvalue weighted by Gasteiger charge is 2.16. The lowest BCUT2D eigenvalue weighted by Gasteiger charge is -2.18. The van der Waals surface area contributed by atoms with Gasteiger partial charge in [-0.15, -0.1) is 0 Å². The van der Waals surface area contributed by atoms with E-state index in [1.165, 1.54) is 4.90 Å². The van der Waals surface area contributed by atoms with Crippen LogP contribution in [-0.2, 0) is 16.1 Å². The summed E-state index contributed by atoms with van der Waals surface area (Å²) in [7, 11) is 1.66. The fourth-order valence-corrected chi connectivity index (χ4v) is 2.00. The Morgan fingerprint density at radius 1 is 1.29 bits per heavy atom. The monoisotopic (exact) mass is 293 g/mol. The van der Waals surface area contributed by atoms with Crippen LogP contribution in [0.4, 0.5) is 4.79 Å². The van der Waals surface area contributed by atoms with E-state index in [2.05, 4.69) is 0 Å². The Morgan fingerprint density at radius 2 is 1.95 bits per heavy atom. The Balaban J connectivity index is 2.26. The zero-order valence-electron chi connectivity index (χ0n) is 12.6. The number of ether oxygens (including phenoxy) is 1. The van der Waals surface area contributed by atoms with Gasteiger partial charge in [0.1, 0.15) is 6.61 Å². The third-order valence-corrected chi connectivity index (χ3v) is 3.40. The lowest BCUT2D eigenvalue weighted by molar-refractivity contribution is -0.142. The Hall–Kier alpha value is -2.04. The first kappa shape index (κ1) is 17.0. The lowest BCUT2D eigenvalue weighted by atomic mass is 10.0. The fraction of sp³-hybridized carbons (Fsp3) is 0.500. The van der Waals surface area contributed by atoms with E-state index in [0.717, 1.165) is 5.56 Å². The van der Waals surface area contributed by atoms with E-state index in [1.54, 1.807) is 7.05 Å². The molecular weight excluding hydrogens is 270 g/mol. The molecule has 0 saturated carbocycles. The molecule has 1 aromatic carbocycles.